The van der Waals surface area contributed by atoms with Gasteiger partial charge in [0.25, 0.3) is 0 Å². The third kappa shape index (κ3) is 1.07. The van der Waals surface area contributed by atoms with Crippen LogP contribution in [0.5, 0.6) is 0 Å². The van der Waals surface area contributed by atoms with Crippen LogP contribution in [0.2, 0.25) is 0 Å². The van der Waals surface area contributed by atoms with Gasteiger partial charge in [-0.2, -0.15) is 0 Å². The number of amides is 1. The molecule has 4 heteroatoms. The molecule has 0 aromatic heterocycles. The van der Waals surface area contributed by atoms with E-state index in [0.717, 1.165) is 0 Å². The summed E-state index contributed by atoms with van der Waals surface area (Å²) < 4.78 is 0. The maximum Gasteiger partial charge on any atom is 0.309 e. The van der Waals surface area contributed by atoms with Crippen molar-refractivity contribution >= 4 is 11.9 Å². The highest BCUT2D eigenvalue weighted by Crippen LogP contribution is 2.33. The molecule has 1 saturated heterocycles. The SMILES string of the molecule is CN1C(=O)CC(C(=O)O)C1(C)C. The van der Waals surface area contributed by atoms with Crippen LogP contribution in [0.3, 0.4) is 0 Å². The number of hydrogen-bond donors (Lipinski definition) is 1. The number of nitrogens with zero attached hydrogens (tertiary/aromatic N) is 1. The predicted octanol–water partition coefficient (Wildman–Crippen LogP) is 0.328. The largest absolute Gasteiger partial charge is 0.481 e. The fraction of sp³-hybridized carbons (Fsp3) is 0.750. The lowest BCUT2D eigenvalue weighted by molar-refractivity contribution is -0.144. The molecule has 0 bridgehead atoms. The number of likely N-dealkylation sites (tertiary alicyclic amines) is 1. The summed E-state index contributed by atoms with van der Waals surface area (Å²) in [4.78, 5) is 23.4. The second kappa shape index (κ2) is 2.47. The monoisotopic (exact) mass is 171 g/mol. The second-order valence-corrected chi connectivity index (χ2v) is 3.70. The molecule has 1 aliphatic rings. The zero-order valence-electron chi connectivity index (χ0n) is 7.50. The average molecular weight is 171 g/mol. The van der Waals surface area contributed by atoms with Crippen molar-refractivity contribution in [2.24, 2.45) is 5.92 Å². The van der Waals surface area contributed by atoms with Crippen LogP contribution < -0.4 is 0 Å². The lowest BCUT2D eigenvalue weighted by Gasteiger charge is -2.30. The first-order chi connectivity index (χ1) is 5.37. The van der Waals surface area contributed by atoms with Crippen molar-refractivity contribution in [2.75, 3.05) is 7.05 Å². The molecule has 0 aromatic carbocycles. The van der Waals surface area contributed by atoms with E-state index in [-0.39, 0.29) is 12.3 Å². The maximum absolute atomic E-state index is 11.2. The molecule has 1 heterocycles. The summed E-state index contributed by atoms with van der Waals surface area (Å²) >= 11 is 0. The van der Waals surface area contributed by atoms with Crippen LogP contribution >= 0.6 is 0 Å². The number of carboxylic acid groups (broad SMARTS) is 1. The molecule has 1 atom stereocenters. The molecule has 1 rings (SSSR count). The molecule has 68 valence electrons. The van der Waals surface area contributed by atoms with Gasteiger partial charge in [-0.1, -0.05) is 0 Å². The molecule has 1 N–H and O–H groups in total. The van der Waals surface area contributed by atoms with Crippen molar-refractivity contribution in [1.82, 2.24) is 4.90 Å². The smallest absolute Gasteiger partial charge is 0.309 e. The zero-order chi connectivity index (χ0) is 9.52. The Bertz CT molecular complexity index is 234. The number of hydrogen-bond acceptors (Lipinski definition) is 2. The molecular formula is C8H13NO3. The van der Waals surface area contributed by atoms with Crippen LogP contribution in [0.1, 0.15) is 20.3 Å². The fourth-order valence-corrected chi connectivity index (χ4v) is 1.51. The highest BCUT2D eigenvalue weighted by atomic mass is 16.4. The van der Waals surface area contributed by atoms with E-state index in [1.54, 1.807) is 20.9 Å². The predicted molar refractivity (Wildman–Crippen MR) is 42.6 cm³/mol. The molecule has 1 fully saturated rings. The van der Waals surface area contributed by atoms with Gasteiger partial charge < -0.3 is 10.0 Å². The lowest BCUT2D eigenvalue weighted by Crippen LogP contribution is -2.43. The Kier molecular flexibility index (Phi) is 1.86. The second-order valence-electron chi connectivity index (χ2n) is 3.70. The molecule has 1 aliphatic heterocycles. The zero-order valence-corrected chi connectivity index (χ0v) is 7.50. The average Bonchev–Trinajstić information content (AvgIpc) is 2.13. The molecule has 0 aromatic rings. The van der Waals surface area contributed by atoms with Crippen molar-refractivity contribution in [3.05, 3.63) is 0 Å². The van der Waals surface area contributed by atoms with Gasteiger partial charge in [0.2, 0.25) is 5.91 Å². The van der Waals surface area contributed by atoms with E-state index < -0.39 is 17.4 Å². The van der Waals surface area contributed by atoms with Gasteiger partial charge in [-0.25, -0.2) is 0 Å². The Labute approximate surface area is 71.2 Å². The molecule has 0 radical (unpaired) electrons. The Balaban J connectivity index is 2.95. The van der Waals surface area contributed by atoms with E-state index in [9.17, 15) is 9.59 Å². The highest BCUT2D eigenvalue weighted by molar-refractivity contribution is 5.87. The van der Waals surface area contributed by atoms with Gasteiger partial charge >= 0.3 is 5.97 Å². The van der Waals surface area contributed by atoms with Crippen molar-refractivity contribution in [3.8, 4) is 0 Å². The van der Waals surface area contributed by atoms with Crippen LogP contribution in [0.15, 0.2) is 0 Å². The first-order valence-corrected chi connectivity index (χ1v) is 3.87. The topological polar surface area (TPSA) is 57.6 Å². The molecule has 0 spiro atoms. The third-order valence-corrected chi connectivity index (χ3v) is 2.77. The number of carboxylic acids is 1. The minimum Gasteiger partial charge on any atom is -0.481 e. The molecule has 12 heavy (non-hydrogen) atoms. The van der Waals surface area contributed by atoms with Crippen LogP contribution in [-0.2, 0) is 9.59 Å². The first kappa shape index (κ1) is 9.03. The summed E-state index contributed by atoms with van der Waals surface area (Å²) in [6.07, 6.45) is 0.124. The number of carbonyl (C=O) groups excluding carboxylic acids is 1. The van der Waals surface area contributed by atoms with Crippen LogP contribution in [-0.4, -0.2) is 34.5 Å². The summed E-state index contributed by atoms with van der Waals surface area (Å²) in [6, 6.07) is 0. The van der Waals surface area contributed by atoms with Gasteiger partial charge in [-0.3, -0.25) is 9.59 Å². The van der Waals surface area contributed by atoms with Crippen LogP contribution in [0.25, 0.3) is 0 Å². The standard InChI is InChI=1S/C8H13NO3/c1-8(2)5(7(11)12)4-6(10)9(8)3/h5H,4H2,1-3H3,(H,11,12). The van der Waals surface area contributed by atoms with Crippen LogP contribution in [0.4, 0.5) is 0 Å². The minimum absolute atomic E-state index is 0.0904. The third-order valence-electron chi connectivity index (χ3n) is 2.77. The van der Waals surface area contributed by atoms with E-state index in [1.807, 2.05) is 0 Å². The first-order valence-electron chi connectivity index (χ1n) is 3.87. The Morgan fingerprint density at radius 3 is 2.33 bits per heavy atom. The van der Waals surface area contributed by atoms with Crippen LogP contribution in [0, 0.1) is 5.92 Å². The Morgan fingerprint density at radius 2 is 2.17 bits per heavy atom. The Morgan fingerprint density at radius 1 is 1.67 bits per heavy atom. The minimum atomic E-state index is -0.891. The number of carbonyl (C=O) groups is 2. The van der Waals surface area contributed by atoms with Gasteiger partial charge in [0.15, 0.2) is 0 Å². The molecule has 4 nitrogen and oxygen atoms in total. The van der Waals surface area contributed by atoms with E-state index in [2.05, 4.69) is 0 Å². The molecule has 0 aliphatic carbocycles. The maximum atomic E-state index is 11.2. The van der Waals surface area contributed by atoms with Gasteiger partial charge in [-0.05, 0) is 13.8 Å². The molecule has 1 unspecified atom stereocenters. The summed E-state index contributed by atoms with van der Waals surface area (Å²) in [7, 11) is 1.64. The van der Waals surface area contributed by atoms with Gasteiger partial charge in [0, 0.05) is 13.5 Å². The summed E-state index contributed by atoms with van der Waals surface area (Å²) in [5.74, 6) is -1.56. The lowest BCUT2D eigenvalue weighted by atomic mass is 9.89. The Hall–Kier alpha value is -1.06. The summed E-state index contributed by atoms with van der Waals surface area (Å²) in [5.41, 5.74) is -0.553. The number of aliphatic carboxylic acids is 1. The summed E-state index contributed by atoms with van der Waals surface area (Å²) in [6.45, 7) is 3.55. The van der Waals surface area contributed by atoms with Gasteiger partial charge in [0.05, 0.1) is 11.5 Å². The summed E-state index contributed by atoms with van der Waals surface area (Å²) in [5, 5.41) is 8.81. The molecule has 1 amide bonds. The van der Waals surface area contributed by atoms with E-state index in [0.29, 0.717) is 0 Å². The van der Waals surface area contributed by atoms with Gasteiger partial charge in [-0.15, -0.1) is 0 Å². The normalized spacial score (nSPS) is 27.8. The molecular weight excluding hydrogens is 158 g/mol. The van der Waals surface area contributed by atoms with E-state index in [1.165, 1.54) is 4.90 Å². The fourth-order valence-electron chi connectivity index (χ4n) is 1.51. The quantitative estimate of drug-likeness (QED) is 0.618. The van der Waals surface area contributed by atoms with Crippen molar-refractivity contribution in [1.29, 1.82) is 0 Å². The number of rotatable bonds is 1. The van der Waals surface area contributed by atoms with E-state index in [4.69, 9.17) is 5.11 Å². The van der Waals surface area contributed by atoms with Crippen molar-refractivity contribution in [3.63, 3.8) is 0 Å². The molecule has 0 saturated carbocycles. The van der Waals surface area contributed by atoms with Gasteiger partial charge in [0.1, 0.15) is 0 Å². The highest BCUT2D eigenvalue weighted by Gasteiger charge is 2.47. The van der Waals surface area contributed by atoms with Crippen molar-refractivity contribution in [2.45, 2.75) is 25.8 Å². The van der Waals surface area contributed by atoms with Crippen molar-refractivity contribution < 1.29 is 14.7 Å². The van der Waals surface area contributed by atoms with E-state index >= 15 is 0 Å².